The van der Waals surface area contributed by atoms with Gasteiger partial charge in [0.2, 0.25) is 0 Å². The van der Waals surface area contributed by atoms with Crippen LogP contribution >= 0.6 is 0 Å². The monoisotopic (exact) mass is 216 g/mol. The van der Waals surface area contributed by atoms with Crippen LogP contribution in [0.3, 0.4) is 0 Å². The van der Waals surface area contributed by atoms with Gasteiger partial charge in [-0.3, -0.25) is 0 Å². The summed E-state index contributed by atoms with van der Waals surface area (Å²) < 4.78 is 5.90. The van der Waals surface area contributed by atoms with Gasteiger partial charge in [-0.2, -0.15) is 0 Å². The fourth-order valence-electron chi connectivity index (χ4n) is 2.40. The third-order valence-electron chi connectivity index (χ3n) is 3.46. The second kappa shape index (κ2) is 3.59. The number of hydrogen-bond donors (Lipinski definition) is 1. The Morgan fingerprint density at radius 3 is 2.94 bits per heavy atom. The lowest BCUT2D eigenvalue weighted by molar-refractivity contribution is 0.434. The first-order chi connectivity index (χ1) is 7.75. The average Bonchev–Trinajstić information content (AvgIpc) is 2.84. The van der Waals surface area contributed by atoms with Crippen molar-refractivity contribution in [2.24, 2.45) is 5.92 Å². The Hall–Kier alpha value is -1.35. The van der Waals surface area contributed by atoms with E-state index in [1.54, 1.807) is 0 Å². The van der Waals surface area contributed by atoms with E-state index >= 15 is 0 Å². The van der Waals surface area contributed by atoms with E-state index in [0.717, 1.165) is 35.6 Å². The van der Waals surface area contributed by atoms with Crippen LogP contribution in [0.5, 0.6) is 0 Å². The molecule has 3 rings (SSSR count). The molecule has 1 fully saturated rings. The third kappa shape index (κ3) is 1.43. The van der Waals surface area contributed by atoms with Gasteiger partial charge in [-0.05, 0) is 31.0 Å². The number of aryl methyl sites for hydroxylation is 1. The molecule has 2 heterocycles. The van der Waals surface area contributed by atoms with Gasteiger partial charge in [0.25, 0.3) is 0 Å². The van der Waals surface area contributed by atoms with Gasteiger partial charge in [-0.15, -0.1) is 0 Å². The number of aromatic nitrogens is 1. The molecule has 0 saturated carbocycles. The number of nitrogens with zero attached hydrogens (tertiary/aromatic N) is 1. The highest BCUT2D eigenvalue weighted by Gasteiger charge is 2.29. The molecule has 2 unspecified atom stereocenters. The van der Waals surface area contributed by atoms with Crippen molar-refractivity contribution in [1.29, 1.82) is 0 Å². The molecule has 1 N–H and O–H groups in total. The molecule has 1 saturated heterocycles. The Balaban J connectivity index is 2.08. The van der Waals surface area contributed by atoms with Gasteiger partial charge in [0.05, 0.1) is 5.92 Å². The largest absolute Gasteiger partial charge is 0.440 e. The lowest BCUT2D eigenvalue weighted by Crippen LogP contribution is -2.08. The molecule has 0 radical (unpaired) electrons. The lowest BCUT2D eigenvalue weighted by atomic mass is 9.98. The van der Waals surface area contributed by atoms with E-state index in [9.17, 15) is 0 Å². The molecule has 0 amide bonds. The smallest absolute Gasteiger partial charge is 0.200 e. The fraction of sp³-hybridized carbons (Fsp3) is 0.462. The van der Waals surface area contributed by atoms with E-state index in [0.29, 0.717) is 11.8 Å². The van der Waals surface area contributed by atoms with Crippen molar-refractivity contribution in [3.63, 3.8) is 0 Å². The quantitative estimate of drug-likeness (QED) is 0.795. The molecule has 3 heteroatoms. The van der Waals surface area contributed by atoms with Crippen LogP contribution in [0.25, 0.3) is 11.1 Å². The predicted molar refractivity (Wildman–Crippen MR) is 63.5 cm³/mol. The Kier molecular flexibility index (Phi) is 2.21. The zero-order chi connectivity index (χ0) is 11.1. The average molecular weight is 216 g/mol. The molecular formula is C13H16N2O. The molecule has 84 valence electrons. The molecule has 16 heavy (non-hydrogen) atoms. The van der Waals surface area contributed by atoms with Crippen LogP contribution < -0.4 is 5.32 Å². The second-order valence-corrected chi connectivity index (χ2v) is 4.72. The van der Waals surface area contributed by atoms with Crippen molar-refractivity contribution >= 4 is 11.1 Å². The maximum atomic E-state index is 5.90. The van der Waals surface area contributed by atoms with Crippen LogP contribution in [-0.4, -0.2) is 18.1 Å². The summed E-state index contributed by atoms with van der Waals surface area (Å²) in [6, 6.07) is 6.11. The van der Waals surface area contributed by atoms with E-state index in [-0.39, 0.29) is 0 Å². The topological polar surface area (TPSA) is 38.1 Å². The van der Waals surface area contributed by atoms with Crippen molar-refractivity contribution < 1.29 is 4.42 Å². The first-order valence-electron chi connectivity index (χ1n) is 5.82. The highest BCUT2D eigenvalue weighted by atomic mass is 16.3. The van der Waals surface area contributed by atoms with Crippen LogP contribution in [0.4, 0.5) is 0 Å². The molecule has 1 aliphatic rings. The fourth-order valence-corrected chi connectivity index (χ4v) is 2.40. The number of fused-ring (bicyclic) bond motifs is 1. The molecule has 1 aromatic carbocycles. The van der Waals surface area contributed by atoms with Gasteiger partial charge in [0.15, 0.2) is 11.5 Å². The molecule has 1 aliphatic heterocycles. The van der Waals surface area contributed by atoms with Crippen LogP contribution in [-0.2, 0) is 0 Å². The Morgan fingerprint density at radius 2 is 2.25 bits per heavy atom. The van der Waals surface area contributed by atoms with Crippen molar-refractivity contribution in [2.45, 2.75) is 19.8 Å². The van der Waals surface area contributed by atoms with E-state index in [1.807, 2.05) is 12.1 Å². The Morgan fingerprint density at radius 1 is 1.38 bits per heavy atom. The van der Waals surface area contributed by atoms with Gasteiger partial charge in [-0.25, -0.2) is 4.98 Å². The van der Waals surface area contributed by atoms with Crippen molar-refractivity contribution in [1.82, 2.24) is 10.3 Å². The summed E-state index contributed by atoms with van der Waals surface area (Å²) in [5.41, 5.74) is 3.08. The third-order valence-corrected chi connectivity index (χ3v) is 3.46. The normalized spacial score (nSPS) is 25.4. The molecule has 0 aliphatic carbocycles. The van der Waals surface area contributed by atoms with Crippen LogP contribution in [0, 0.1) is 12.8 Å². The number of benzene rings is 1. The first-order valence-corrected chi connectivity index (χ1v) is 5.82. The molecule has 2 aromatic rings. The number of hydrogen-bond acceptors (Lipinski definition) is 3. The zero-order valence-electron chi connectivity index (χ0n) is 9.66. The lowest BCUT2D eigenvalue weighted by Gasteiger charge is -2.08. The van der Waals surface area contributed by atoms with Crippen molar-refractivity contribution in [2.75, 3.05) is 13.1 Å². The highest BCUT2D eigenvalue weighted by Crippen LogP contribution is 2.30. The Labute approximate surface area is 94.9 Å². The van der Waals surface area contributed by atoms with E-state index in [1.165, 1.54) is 0 Å². The molecule has 3 nitrogen and oxygen atoms in total. The maximum absolute atomic E-state index is 5.90. The summed E-state index contributed by atoms with van der Waals surface area (Å²) in [6.45, 7) is 6.34. The number of oxazole rings is 1. The number of rotatable bonds is 1. The Bertz CT molecular complexity index is 518. The SMILES string of the molecule is Cc1cccc2nc(C3CNCC3C)oc12. The standard InChI is InChI=1S/C13H16N2O/c1-8-4-3-5-11-12(8)16-13(15-11)10-7-14-6-9(10)2/h3-5,9-10,14H,6-7H2,1-2H3. The number of para-hydroxylation sites is 1. The summed E-state index contributed by atoms with van der Waals surface area (Å²) in [5.74, 6) is 1.92. The number of nitrogens with one attached hydrogen (secondary N) is 1. The highest BCUT2D eigenvalue weighted by molar-refractivity contribution is 5.76. The predicted octanol–water partition coefficient (Wildman–Crippen LogP) is 2.46. The van der Waals surface area contributed by atoms with Crippen LogP contribution in [0.1, 0.15) is 24.3 Å². The minimum atomic E-state index is 0.423. The second-order valence-electron chi connectivity index (χ2n) is 4.72. The summed E-state index contributed by atoms with van der Waals surface area (Å²) in [6.07, 6.45) is 0. The first kappa shape index (κ1) is 9.85. The maximum Gasteiger partial charge on any atom is 0.200 e. The molecule has 0 bridgehead atoms. The van der Waals surface area contributed by atoms with Crippen LogP contribution in [0.2, 0.25) is 0 Å². The van der Waals surface area contributed by atoms with Crippen molar-refractivity contribution in [3.05, 3.63) is 29.7 Å². The van der Waals surface area contributed by atoms with Gasteiger partial charge in [0, 0.05) is 6.54 Å². The minimum absolute atomic E-state index is 0.423. The minimum Gasteiger partial charge on any atom is -0.440 e. The van der Waals surface area contributed by atoms with Gasteiger partial charge < -0.3 is 9.73 Å². The van der Waals surface area contributed by atoms with Crippen molar-refractivity contribution in [3.8, 4) is 0 Å². The molecule has 2 atom stereocenters. The van der Waals surface area contributed by atoms with Gasteiger partial charge in [-0.1, -0.05) is 19.1 Å². The summed E-state index contributed by atoms with van der Waals surface area (Å²) >= 11 is 0. The van der Waals surface area contributed by atoms with E-state index in [4.69, 9.17) is 4.42 Å². The summed E-state index contributed by atoms with van der Waals surface area (Å²) in [7, 11) is 0. The summed E-state index contributed by atoms with van der Waals surface area (Å²) in [5, 5.41) is 3.38. The molecule has 0 spiro atoms. The zero-order valence-corrected chi connectivity index (χ0v) is 9.66. The van der Waals surface area contributed by atoms with E-state index < -0.39 is 0 Å². The van der Waals surface area contributed by atoms with Gasteiger partial charge >= 0.3 is 0 Å². The summed E-state index contributed by atoms with van der Waals surface area (Å²) in [4.78, 5) is 4.60. The van der Waals surface area contributed by atoms with Gasteiger partial charge in [0.1, 0.15) is 5.52 Å². The van der Waals surface area contributed by atoms with Crippen LogP contribution in [0.15, 0.2) is 22.6 Å². The molecular weight excluding hydrogens is 200 g/mol. The van der Waals surface area contributed by atoms with E-state index in [2.05, 4.69) is 30.2 Å². The molecule has 1 aromatic heterocycles.